The monoisotopic (exact) mass is 326 g/mol. The quantitative estimate of drug-likeness (QED) is 0.493. The molecule has 4 nitrogen and oxygen atoms in total. The van der Waals surface area contributed by atoms with Crippen molar-refractivity contribution in [3.8, 4) is 0 Å². The first kappa shape index (κ1) is 14.7. The van der Waals surface area contributed by atoms with Gasteiger partial charge in [-0.15, -0.1) is 0 Å². The third kappa shape index (κ3) is 2.49. The summed E-state index contributed by atoms with van der Waals surface area (Å²) >= 11 is 0. The molecular formula is C16H10BF3N4. The molecule has 0 aliphatic heterocycles. The molecule has 8 heteroatoms. The van der Waals surface area contributed by atoms with E-state index in [-0.39, 0.29) is 0 Å². The van der Waals surface area contributed by atoms with E-state index >= 15 is 0 Å². The van der Waals surface area contributed by atoms with Gasteiger partial charge in [-0.05, 0) is 24.3 Å². The van der Waals surface area contributed by atoms with Crippen molar-refractivity contribution in [2.45, 2.75) is 6.18 Å². The largest absolute Gasteiger partial charge is 0.416 e. The number of alkyl halides is 3. The van der Waals surface area contributed by atoms with Crippen molar-refractivity contribution in [3.05, 3.63) is 48.2 Å². The number of aromatic nitrogens is 3. The summed E-state index contributed by atoms with van der Waals surface area (Å²) in [5.74, 6) is 0.354. The minimum Gasteiger partial charge on any atom is -0.359 e. The molecule has 118 valence electrons. The molecule has 0 bridgehead atoms. The summed E-state index contributed by atoms with van der Waals surface area (Å²) in [7, 11) is 5.79. The number of benzene rings is 2. The zero-order valence-electron chi connectivity index (χ0n) is 12.2. The Kier molecular flexibility index (Phi) is 3.09. The first-order valence-electron chi connectivity index (χ1n) is 7.11. The Balaban J connectivity index is 1.72. The first-order valence-corrected chi connectivity index (χ1v) is 7.11. The van der Waals surface area contributed by atoms with E-state index in [9.17, 15) is 13.2 Å². The molecule has 2 radical (unpaired) electrons. The van der Waals surface area contributed by atoms with Crippen LogP contribution in [-0.4, -0.2) is 22.8 Å². The number of hydrogen-bond donors (Lipinski definition) is 3. The molecule has 2 aromatic carbocycles. The van der Waals surface area contributed by atoms with Crippen molar-refractivity contribution < 1.29 is 13.2 Å². The van der Waals surface area contributed by atoms with Gasteiger partial charge < -0.3 is 15.3 Å². The Labute approximate surface area is 135 Å². The van der Waals surface area contributed by atoms with Crippen molar-refractivity contribution in [1.82, 2.24) is 15.0 Å². The van der Waals surface area contributed by atoms with Gasteiger partial charge in [0.25, 0.3) is 0 Å². The van der Waals surface area contributed by atoms with Crippen LogP contribution in [-0.2, 0) is 6.18 Å². The average Bonchev–Trinajstić information content (AvgIpc) is 3.09. The van der Waals surface area contributed by atoms with Gasteiger partial charge in [-0.25, -0.2) is 4.98 Å². The predicted molar refractivity (Wildman–Crippen MR) is 88.1 cm³/mol. The lowest BCUT2D eigenvalue weighted by Gasteiger charge is -2.05. The molecule has 2 aromatic heterocycles. The van der Waals surface area contributed by atoms with E-state index in [2.05, 4.69) is 20.3 Å². The zero-order valence-corrected chi connectivity index (χ0v) is 12.2. The molecule has 0 spiro atoms. The molecule has 2 heterocycles. The Bertz CT molecular complexity index is 1050. The van der Waals surface area contributed by atoms with Gasteiger partial charge in [-0.1, -0.05) is 17.6 Å². The fourth-order valence-corrected chi connectivity index (χ4v) is 2.61. The molecule has 4 rings (SSSR count). The minimum atomic E-state index is -4.39. The van der Waals surface area contributed by atoms with Gasteiger partial charge in [0.1, 0.15) is 7.85 Å². The smallest absolute Gasteiger partial charge is 0.359 e. The van der Waals surface area contributed by atoms with Gasteiger partial charge in [0.2, 0.25) is 5.95 Å². The second kappa shape index (κ2) is 5.05. The zero-order chi connectivity index (χ0) is 16.9. The number of nitrogens with zero attached hydrogens (tertiary/aromatic N) is 1. The molecule has 0 aliphatic rings. The van der Waals surface area contributed by atoms with E-state index in [0.29, 0.717) is 22.4 Å². The summed E-state index contributed by atoms with van der Waals surface area (Å²) in [4.78, 5) is 10.2. The number of aromatic amines is 2. The van der Waals surface area contributed by atoms with Gasteiger partial charge in [0.05, 0.1) is 22.3 Å². The van der Waals surface area contributed by atoms with Crippen molar-refractivity contribution in [2.24, 2.45) is 0 Å². The minimum absolute atomic E-state index is 0.312. The number of anilines is 2. The third-order valence-corrected chi connectivity index (χ3v) is 3.77. The van der Waals surface area contributed by atoms with Crippen LogP contribution in [0.25, 0.3) is 21.9 Å². The highest BCUT2D eigenvalue weighted by molar-refractivity contribution is 6.33. The second-order valence-electron chi connectivity index (χ2n) is 5.45. The van der Waals surface area contributed by atoms with Gasteiger partial charge in [0.15, 0.2) is 0 Å². The lowest BCUT2D eigenvalue weighted by atomic mass is 9.95. The maximum absolute atomic E-state index is 12.8. The topological polar surface area (TPSA) is 56.5 Å². The van der Waals surface area contributed by atoms with Crippen molar-refractivity contribution in [2.75, 3.05) is 5.32 Å². The fourth-order valence-electron chi connectivity index (χ4n) is 2.61. The van der Waals surface area contributed by atoms with Crippen LogP contribution in [0.3, 0.4) is 0 Å². The SMILES string of the molecule is [B]c1ccc2[nH]cc(Nc3nc4ccc(C(F)(F)F)cc4[nH]3)c2c1. The molecule has 4 aromatic rings. The lowest BCUT2D eigenvalue weighted by Crippen LogP contribution is -2.04. The van der Waals surface area contributed by atoms with Crippen LogP contribution >= 0.6 is 0 Å². The second-order valence-corrected chi connectivity index (χ2v) is 5.45. The van der Waals surface area contributed by atoms with E-state index < -0.39 is 11.7 Å². The predicted octanol–water partition coefficient (Wildman–Crippen LogP) is 3.60. The molecule has 3 N–H and O–H groups in total. The summed E-state index contributed by atoms with van der Waals surface area (Å²) in [6.07, 6.45) is -2.64. The third-order valence-electron chi connectivity index (χ3n) is 3.77. The molecule has 0 aliphatic carbocycles. The number of halogens is 3. The van der Waals surface area contributed by atoms with E-state index in [4.69, 9.17) is 7.85 Å². The van der Waals surface area contributed by atoms with Crippen molar-refractivity contribution >= 4 is 46.9 Å². The van der Waals surface area contributed by atoms with Gasteiger partial charge in [0, 0.05) is 17.1 Å². The van der Waals surface area contributed by atoms with Crippen LogP contribution < -0.4 is 10.8 Å². The number of imidazole rings is 1. The van der Waals surface area contributed by atoms with Crippen LogP contribution in [0.15, 0.2) is 42.6 Å². The highest BCUT2D eigenvalue weighted by Crippen LogP contribution is 2.32. The van der Waals surface area contributed by atoms with E-state index in [1.807, 2.05) is 6.07 Å². The van der Waals surface area contributed by atoms with Crippen molar-refractivity contribution in [3.63, 3.8) is 0 Å². The van der Waals surface area contributed by atoms with Gasteiger partial charge >= 0.3 is 6.18 Å². The summed E-state index contributed by atoms with van der Waals surface area (Å²) < 4.78 is 38.3. The Morgan fingerprint density at radius 1 is 1.04 bits per heavy atom. The number of nitrogens with one attached hydrogen (secondary N) is 3. The summed E-state index contributed by atoms with van der Waals surface area (Å²) in [5.41, 5.74) is 2.28. The van der Waals surface area contributed by atoms with Crippen molar-refractivity contribution in [1.29, 1.82) is 0 Å². The van der Waals surface area contributed by atoms with Crippen LogP contribution in [0.5, 0.6) is 0 Å². The molecule has 0 atom stereocenters. The van der Waals surface area contributed by atoms with E-state index in [0.717, 1.165) is 28.7 Å². The Morgan fingerprint density at radius 3 is 2.67 bits per heavy atom. The Morgan fingerprint density at radius 2 is 1.88 bits per heavy atom. The molecule has 24 heavy (non-hydrogen) atoms. The number of H-pyrrole nitrogens is 2. The highest BCUT2D eigenvalue weighted by atomic mass is 19.4. The molecule has 0 saturated heterocycles. The highest BCUT2D eigenvalue weighted by Gasteiger charge is 2.30. The summed E-state index contributed by atoms with van der Waals surface area (Å²) in [5, 5.41) is 3.93. The standard InChI is InChI=1S/C16H10BF3N4/c17-9-2-4-11-10(6-9)14(7-21-11)24-15-22-12-3-1-8(16(18,19)20)5-13(12)23-15/h1-7,21H,(H2,22,23,24). The van der Waals surface area contributed by atoms with E-state index in [1.165, 1.54) is 6.07 Å². The molecule has 0 amide bonds. The van der Waals surface area contributed by atoms with Gasteiger partial charge in [-0.2, -0.15) is 13.2 Å². The number of rotatable bonds is 2. The van der Waals surface area contributed by atoms with Crippen LogP contribution in [0.4, 0.5) is 24.8 Å². The molecule has 0 unspecified atom stereocenters. The molecule has 0 fully saturated rings. The van der Waals surface area contributed by atoms with Crippen LogP contribution in [0.2, 0.25) is 0 Å². The molecule has 0 saturated carbocycles. The van der Waals surface area contributed by atoms with E-state index in [1.54, 1.807) is 18.3 Å². The summed E-state index contributed by atoms with van der Waals surface area (Å²) in [6.45, 7) is 0. The normalized spacial score (nSPS) is 12.1. The lowest BCUT2D eigenvalue weighted by molar-refractivity contribution is -0.137. The Hall–Kier alpha value is -2.90. The van der Waals surface area contributed by atoms with Crippen LogP contribution in [0.1, 0.15) is 5.56 Å². The van der Waals surface area contributed by atoms with Crippen LogP contribution in [0, 0.1) is 0 Å². The maximum atomic E-state index is 12.8. The fraction of sp³-hybridized carbons (Fsp3) is 0.0625. The number of hydrogen-bond acceptors (Lipinski definition) is 2. The molecular weight excluding hydrogens is 316 g/mol. The summed E-state index contributed by atoms with van der Waals surface area (Å²) in [6, 6.07) is 8.83. The average molecular weight is 326 g/mol. The first-order chi connectivity index (χ1) is 11.4. The van der Waals surface area contributed by atoms with Gasteiger partial charge in [-0.3, -0.25) is 0 Å². The number of fused-ring (bicyclic) bond motifs is 2. The maximum Gasteiger partial charge on any atom is 0.416 e.